The number of rotatable bonds is 4. The van der Waals surface area contributed by atoms with Crippen LogP contribution in [0.1, 0.15) is 27.7 Å². The van der Waals surface area contributed by atoms with E-state index in [1.165, 1.54) is 6.26 Å². The van der Waals surface area contributed by atoms with Gasteiger partial charge in [0.05, 0.1) is 17.5 Å². The largest absolute Gasteiger partial charge is 0.327 e. The van der Waals surface area contributed by atoms with Gasteiger partial charge in [-0.25, -0.2) is 8.42 Å². The third-order valence-corrected chi connectivity index (χ3v) is 5.46. The lowest BCUT2D eigenvalue weighted by Gasteiger charge is -2.28. The molecule has 17 heavy (non-hydrogen) atoms. The third-order valence-electron chi connectivity index (χ3n) is 3.32. The number of hydrogen-bond donors (Lipinski definition) is 1. The lowest BCUT2D eigenvalue weighted by Crippen LogP contribution is -2.45. The van der Waals surface area contributed by atoms with Gasteiger partial charge in [0, 0.05) is 12.8 Å². The molecule has 5 nitrogen and oxygen atoms in total. The topological polar surface area (TPSA) is 66.5 Å². The van der Waals surface area contributed by atoms with Crippen molar-refractivity contribution >= 4 is 15.7 Å². The fourth-order valence-corrected chi connectivity index (χ4v) is 2.19. The molecule has 0 saturated carbocycles. The zero-order valence-electron chi connectivity index (χ0n) is 11.1. The van der Waals surface area contributed by atoms with Gasteiger partial charge >= 0.3 is 0 Å². The number of carbonyl (C=O) groups excluding carboxylic acids is 1. The third kappa shape index (κ3) is 2.98. The van der Waals surface area contributed by atoms with Crippen LogP contribution in [-0.2, 0) is 14.6 Å². The molecule has 1 aliphatic rings. The van der Waals surface area contributed by atoms with Gasteiger partial charge in [-0.1, -0.05) is 13.8 Å². The van der Waals surface area contributed by atoms with Crippen LogP contribution in [0.15, 0.2) is 0 Å². The van der Waals surface area contributed by atoms with E-state index in [2.05, 4.69) is 5.32 Å². The van der Waals surface area contributed by atoms with Crippen molar-refractivity contribution in [3.05, 3.63) is 0 Å². The van der Waals surface area contributed by atoms with Crippen LogP contribution < -0.4 is 5.32 Å². The maximum atomic E-state index is 12.0. The van der Waals surface area contributed by atoms with Crippen molar-refractivity contribution in [3.63, 3.8) is 0 Å². The van der Waals surface area contributed by atoms with Crippen molar-refractivity contribution < 1.29 is 13.2 Å². The summed E-state index contributed by atoms with van der Waals surface area (Å²) in [4.78, 5) is 13.6. The molecule has 0 bridgehead atoms. The second kappa shape index (κ2) is 4.57. The molecule has 0 aromatic rings. The molecular formula is C11H22N2O3S. The number of carbonyl (C=O) groups is 1. The zero-order chi connectivity index (χ0) is 13.4. The lowest BCUT2D eigenvalue weighted by molar-refractivity contribution is -0.129. The normalized spacial score (nSPS) is 22.6. The van der Waals surface area contributed by atoms with Crippen LogP contribution in [0.5, 0.6) is 0 Å². The Bertz CT molecular complexity index is 401. The highest BCUT2D eigenvalue weighted by Gasteiger charge is 2.39. The van der Waals surface area contributed by atoms with E-state index in [0.29, 0.717) is 6.67 Å². The second-order valence-corrected chi connectivity index (χ2v) is 8.30. The Morgan fingerprint density at radius 2 is 2.00 bits per heavy atom. The van der Waals surface area contributed by atoms with Gasteiger partial charge < -0.3 is 4.90 Å². The van der Waals surface area contributed by atoms with Gasteiger partial charge in [-0.05, 0) is 19.8 Å². The van der Waals surface area contributed by atoms with Gasteiger partial charge in [0.25, 0.3) is 0 Å². The summed E-state index contributed by atoms with van der Waals surface area (Å²) in [6, 6.07) is -0.189. The highest BCUT2D eigenvalue weighted by molar-refractivity contribution is 7.92. The molecular weight excluding hydrogens is 240 g/mol. The molecule has 1 unspecified atom stereocenters. The predicted molar refractivity (Wildman–Crippen MR) is 67.3 cm³/mol. The van der Waals surface area contributed by atoms with E-state index >= 15 is 0 Å². The summed E-state index contributed by atoms with van der Waals surface area (Å²) in [5.74, 6) is 0.213. The van der Waals surface area contributed by atoms with Crippen LogP contribution in [-0.4, -0.2) is 49.5 Å². The first-order valence-corrected chi connectivity index (χ1v) is 7.67. The summed E-state index contributed by atoms with van der Waals surface area (Å²) in [6.07, 6.45) is 1.21. The summed E-state index contributed by atoms with van der Waals surface area (Å²) >= 11 is 0. The maximum Gasteiger partial charge on any atom is 0.241 e. The highest BCUT2D eigenvalue weighted by atomic mass is 32.2. The van der Waals surface area contributed by atoms with Crippen molar-refractivity contribution in [2.45, 2.75) is 38.5 Å². The van der Waals surface area contributed by atoms with Gasteiger partial charge in [-0.15, -0.1) is 0 Å². The van der Waals surface area contributed by atoms with Gasteiger partial charge in [0.1, 0.15) is 0 Å². The molecule has 0 aromatic carbocycles. The standard InChI is InChI=1S/C11H22N2O3S/c1-8(2)9-10(14)13(7-12-9)6-11(3,4)17(5,15)16/h8-9,12H,6-7H2,1-5H3. The molecule has 1 atom stereocenters. The van der Waals surface area contributed by atoms with Crippen molar-refractivity contribution in [2.75, 3.05) is 19.5 Å². The molecule has 0 aromatic heterocycles. The van der Waals surface area contributed by atoms with E-state index in [-0.39, 0.29) is 24.4 Å². The van der Waals surface area contributed by atoms with Crippen LogP contribution in [0.3, 0.4) is 0 Å². The molecule has 0 aliphatic carbocycles. The highest BCUT2D eigenvalue weighted by Crippen LogP contribution is 2.20. The van der Waals surface area contributed by atoms with Crippen molar-refractivity contribution in [1.29, 1.82) is 0 Å². The fourth-order valence-electron chi connectivity index (χ4n) is 1.80. The van der Waals surface area contributed by atoms with Gasteiger partial charge in [0.2, 0.25) is 5.91 Å². The smallest absolute Gasteiger partial charge is 0.241 e. The fraction of sp³-hybridized carbons (Fsp3) is 0.909. The van der Waals surface area contributed by atoms with Gasteiger partial charge in [-0.2, -0.15) is 0 Å². The zero-order valence-corrected chi connectivity index (χ0v) is 12.0. The Morgan fingerprint density at radius 3 is 2.35 bits per heavy atom. The quantitative estimate of drug-likeness (QED) is 0.787. The average molecular weight is 262 g/mol. The van der Waals surface area contributed by atoms with Crippen LogP contribution in [0, 0.1) is 5.92 Å². The molecule has 1 fully saturated rings. The van der Waals surface area contributed by atoms with E-state index in [0.717, 1.165) is 0 Å². The molecule has 6 heteroatoms. The molecule has 100 valence electrons. The summed E-state index contributed by atoms with van der Waals surface area (Å²) in [5.41, 5.74) is 0. The summed E-state index contributed by atoms with van der Waals surface area (Å²) in [7, 11) is -3.17. The molecule has 0 spiro atoms. The molecule has 0 radical (unpaired) electrons. The Hall–Kier alpha value is -0.620. The maximum absolute atomic E-state index is 12.0. The van der Waals surface area contributed by atoms with Gasteiger partial charge in [-0.3, -0.25) is 10.1 Å². The molecule has 1 saturated heterocycles. The minimum absolute atomic E-state index is 0.00303. The van der Waals surface area contributed by atoms with E-state index < -0.39 is 14.6 Å². The SMILES string of the molecule is CC(C)C1NCN(CC(C)(C)S(C)(=O)=O)C1=O. The second-order valence-electron chi connectivity index (χ2n) is 5.65. The van der Waals surface area contributed by atoms with Crippen molar-refractivity contribution in [1.82, 2.24) is 10.2 Å². The van der Waals surface area contributed by atoms with Crippen LogP contribution in [0.4, 0.5) is 0 Å². The van der Waals surface area contributed by atoms with Crippen LogP contribution >= 0.6 is 0 Å². The van der Waals surface area contributed by atoms with E-state index in [4.69, 9.17) is 0 Å². The van der Waals surface area contributed by atoms with Crippen molar-refractivity contribution in [2.24, 2.45) is 5.92 Å². The number of nitrogens with zero attached hydrogens (tertiary/aromatic N) is 1. The van der Waals surface area contributed by atoms with Gasteiger partial charge in [0.15, 0.2) is 9.84 Å². The molecule has 1 amide bonds. The predicted octanol–water partition coefficient (Wildman–Crippen LogP) is 0.224. The summed E-state index contributed by atoms with van der Waals surface area (Å²) < 4.78 is 22.3. The van der Waals surface area contributed by atoms with E-state index in [1.807, 2.05) is 13.8 Å². The minimum atomic E-state index is -3.17. The Balaban J connectivity index is 2.76. The number of nitrogens with one attached hydrogen (secondary N) is 1. The number of amides is 1. The molecule has 1 rings (SSSR count). The molecule has 1 heterocycles. The average Bonchev–Trinajstić information content (AvgIpc) is 2.45. The monoisotopic (exact) mass is 262 g/mol. The lowest BCUT2D eigenvalue weighted by atomic mass is 10.0. The number of hydrogen-bond acceptors (Lipinski definition) is 4. The Morgan fingerprint density at radius 1 is 1.47 bits per heavy atom. The first-order valence-electron chi connectivity index (χ1n) is 5.78. The summed E-state index contributed by atoms with van der Waals surface area (Å²) in [6.45, 7) is 7.92. The van der Waals surface area contributed by atoms with Crippen molar-refractivity contribution in [3.8, 4) is 0 Å². The molecule has 1 N–H and O–H groups in total. The van der Waals surface area contributed by atoms with Crippen LogP contribution in [0.2, 0.25) is 0 Å². The van der Waals surface area contributed by atoms with Crippen LogP contribution in [0.25, 0.3) is 0 Å². The first kappa shape index (κ1) is 14.4. The Labute approximate surface area is 103 Å². The number of sulfone groups is 1. The minimum Gasteiger partial charge on any atom is -0.327 e. The van der Waals surface area contributed by atoms with E-state index in [9.17, 15) is 13.2 Å². The van der Waals surface area contributed by atoms with E-state index in [1.54, 1.807) is 18.7 Å². The first-order chi connectivity index (χ1) is 7.56. The summed E-state index contributed by atoms with van der Waals surface area (Å²) in [5, 5.41) is 3.11. The molecule has 1 aliphatic heterocycles. The Kier molecular flexibility index (Phi) is 3.88.